The molecule has 1 unspecified atom stereocenters. The van der Waals surface area contributed by atoms with Crippen molar-refractivity contribution in [2.45, 2.75) is 13.0 Å². The van der Waals surface area contributed by atoms with Crippen LogP contribution < -0.4 is 4.90 Å². The summed E-state index contributed by atoms with van der Waals surface area (Å²) in [5.41, 5.74) is 0.650. The van der Waals surface area contributed by atoms with E-state index < -0.39 is 0 Å². The molecule has 1 N–H and O–H groups in total. The average molecular weight is 430 g/mol. The molecule has 0 aliphatic carbocycles. The SMILES string of the molecule is Cc1nc2sc(C(c3cccs3)N3CCN(c4ccccc4F)CC3)c(O)n2n1. The molecule has 3 aromatic heterocycles. The van der Waals surface area contributed by atoms with Gasteiger partial charge in [0.2, 0.25) is 10.8 Å². The van der Waals surface area contributed by atoms with Crippen molar-refractivity contribution in [3.63, 3.8) is 0 Å². The van der Waals surface area contributed by atoms with Gasteiger partial charge in [-0.25, -0.2) is 9.37 Å². The number of aromatic hydroxyl groups is 1. The van der Waals surface area contributed by atoms with Crippen molar-refractivity contribution in [3.8, 4) is 5.88 Å². The highest BCUT2D eigenvalue weighted by Gasteiger charge is 2.32. The largest absolute Gasteiger partial charge is 0.492 e. The number of aromatic nitrogens is 3. The zero-order valence-corrected chi connectivity index (χ0v) is 17.5. The molecule has 0 radical (unpaired) electrons. The molecular formula is C20H20FN5OS2. The minimum atomic E-state index is -0.186. The van der Waals surface area contributed by atoms with Crippen molar-refractivity contribution < 1.29 is 9.50 Å². The van der Waals surface area contributed by atoms with Gasteiger partial charge in [-0.2, -0.15) is 4.52 Å². The Hall–Kier alpha value is -2.49. The molecule has 1 aliphatic rings. The molecule has 150 valence electrons. The molecule has 29 heavy (non-hydrogen) atoms. The number of benzene rings is 1. The molecule has 1 fully saturated rings. The van der Waals surface area contributed by atoms with Crippen molar-refractivity contribution in [2.24, 2.45) is 0 Å². The van der Waals surface area contributed by atoms with E-state index in [2.05, 4.69) is 31.3 Å². The highest BCUT2D eigenvalue weighted by Crippen LogP contribution is 2.41. The lowest BCUT2D eigenvalue weighted by Gasteiger charge is -2.39. The minimum Gasteiger partial charge on any atom is -0.492 e. The Morgan fingerprint density at radius 2 is 1.90 bits per heavy atom. The van der Waals surface area contributed by atoms with Gasteiger partial charge in [0.1, 0.15) is 11.6 Å². The summed E-state index contributed by atoms with van der Waals surface area (Å²) in [6, 6.07) is 11.0. The van der Waals surface area contributed by atoms with Gasteiger partial charge >= 0.3 is 0 Å². The summed E-state index contributed by atoms with van der Waals surface area (Å²) in [6.45, 7) is 4.80. The highest BCUT2D eigenvalue weighted by atomic mass is 32.1. The molecule has 0 saturated carbocycles. The molecular weight excluding hydrogens is 409 g/mol. The lowest BCUT2D eigenvalue weighted by molar-refractivity contribution is 0.213. The molecule has 4 heterocycles. The molecule has 1 aromatic carbocycles. The number of hydrogen-bond acceptors (Lipinski definition) is 7. The second-order valence-electron chi connectivity index (χ2n) is 7.04. The van der Waals surface area contributed by atoms with Crippen LogP contribution in [0.15, 0.2) is 41.8 Å². The van der Waals surface area contributed by atoms with Crippen LogP contribution in [0.2, 0.25) is 0 Å². The molecule has 5 rings (SSSR count). The maximum Gasteiger partial charge on any atom is 0.230 e. The topological polar surface area (TPSA) is 56.9 Å². The highest BCUT2D eigenvalue weighted by molar-refractivity contribution is 7.17. The van der Waals surface area contributed by atoms with E-state index in [1.165, 1.54) is 26.8 Å². The number of anilines is 1. The number of thiophene rings is 1. The summed E-state index contributed by atoms with van der Waals surface area (Å²) in [4.78, 5) is 11.6. The van der Waals surface area contributed by atoms with Gasteiger partial charge in [0.25, 0.3) is 0 Å². The minimum absolute atomic E-state index is 0.0634. The summed E-state index contributed by atoms with van der Waals surface area (Å²) in [5.74, 6) is 0.610. The summed E-state index contributed by atoms with van der Waals surface area (Å²) < 4.78 is 15.7. The van der Waals surface area contributed by atoms with Gasteiger partial charge in [0.05, 0.1) is 16.6 Å². The maximum absolute atomic E-state index is 14.2. The maximum atomic E-state index is 14.2. The van der Waals surface area contributed by atoms with Gasteiger partial charge in [-0.05, 0) is 30.5 Å². The predicted octanol–water partition coefficient (Wildman–Crippen LogP) is 3.92. The van der Waals surface area contributed by atoms with Crippen LogP contribution in [0.1, 0.15) is 21.6 Å². The third-order valence-corrected chi connectivity index (χ3v) is 7.24. The van der Waals surface area contributed by atoms with Gasteiger partial charge in [-0.1, -0.05) is 29.5 Å². The molecule has 4 aromatic rings. The van der Waals surface area contributed by atoms with E-state index in [9.17, 15) is 9.50 Å². The second kappa shape index (κ2) is 7.40. The molecule has 6 nitrogen and oxygen atoms in total. The van der Waals surface area contributed by atoms with Crippen LogP contribution in [0.25, 0.3) is 4.96 Å². The lowest BCUT2D eigenvalue weighted by atomic mass is 10.1. The van der Waals surface area contributed by atoms with Crippen molar-refractivity contribution in [2.75, 3.05) is 31.1 Å². The van der Waals surface area contributed by atoms with Crippen molar-refractivity contribution in [3.05, 3.63) is 63.2 Å². The standard InChI is InChI=1S/C20H20FN5OS2/c1-13-22-20-26(23-13)19(27)18(29-20)17(16-7-4-12-28-16)25-10-8-24(9-11-25)15-6-3-2-5-14(15)21/h2-7,12,17,27H,8-11H2,1H3. The van der Waals surface area contributed by atoms with E-state index in [4.69, 9.17) is 0 Å². The van der Waals surface area contributed by atoms with Crippen LogP contribution >= 0.6 is 22.7 Å². The number of halogens is 1. The van der Waals surface area contributed by atoms with E-state index in [0.717, 1.165) is 31.1 Å². The van der Waals surface area contributed by atoms with Crippen LogP contribution in [0.3, 0.4) is 0 Å². The van der Waals surface area contributed by atoms with Gasteiger partial charge in [0.15, 0.2) is 0 Å². The Morgan fingerprint density at radius 1 is 1.10 bits per heavy atom. The number of fused-ring (bicyclic) bond motifs is 1. The van der Waals surface area contributed by atoms with Crippen LogP contribution in [-0.4, -0.2) is 50.8 Å². The monoisotopic (exact) mass is 429 g/mol. The molecule has 0 amide bonds. The van der Waals surface area contributed by atoms with Crippen molar-refractivity contribution >= 4 is 33.3 Å². The average Bonchev–Trinajstić information content (AvgIpc) is 3.43. The number of aryl methyl sites for hydroxylation is 1. The van der Waals surface area contributed by atoms with Crippen molar-refractivity contribution in [1.82, 2.24) is 19.5 Å². The van der Waals surface area contributed by atoms with E-state index in [1.807, 2.05) is 25.1 Å². The van der Waals surface area contributed by atoms with E-state index >= 15 is 0 Å². The van der Waals surface area contributed by atoms with Gasteiger partial charge < -0.3 is 10.0 Å². The fraction of sp³-hybridized carbons (Fsp3) is 0.300. The third-order valence-electron chi connectivity index (χ3n) is 5.24. The van der Waals surface area contributed by atoms with Crippen molar-refractivity contribution in [1.29, 1.82) is 0 Å². The summed E-state index contributed by atoms with van der Waals surface area (Å²) in [7, 11) is 0. The summed E-state index contributed by atoms with van der Waals surface area (Å²) in [5, 5.41) is 17.2. The van der Waals surface area contributed by atoms with Gasteiger partial charge in [-0.3, -0.25) is 4.90 Å². The lowest BCUT2D eigenvalue weighted by Crippen LogP contribution is -2.48. The van der Waals surface area contributed by atoms with Crippen LogP contribution in [0, 0.1) is 12.7 Å². The van der Waals surface area contributed by atoms with E-state index in [-0.39, 0.29) is 17.7 Å². The Kier molecular flexibility index (Phi) is 4.73. The first kappa shape index (κ1) is 18.5. The van der Waals surface area contributed by atoms with Gasteiger partial charge in [0, 0.05) is 31.1 Å². The van der Waals surface area contributed by atoms with Crippen LogP contribution in [-0.2, 0) is 0 Å². The van der Waals surface area contributed by atoms with Crippen LogP contribution in [0.5, 0.6) is 5.88 Å². The molecule has 1 aliphatic heterocycles. The quantitative estimate of drug-likeness (QED) is 0.533. The number of thiazole rings is 1. The summed E-state index contributed by atoms with van der Waals surface area (Å²) in [6.07, 6.45) is 0. The summed E-state index contributed by atoms with van der Waals surface area (Å²) >= 11 is 3.15. The number of rotatable bonds is 4. The molecule has 9 heteroatoms. The Labute approximate surface area is 175 Å². The first-order chi connectivity index (χ1) is 14.1. The molecule has 1 saturated heterocycles. The second-order valence-corrected chi connectivity index (χ2v) is 9.02. The number of piperazine rings is 1. The predicted molar refractivity (Wildman–Crippen MR) is 114 cm³/mol. The molecule has 0 bridgehead atoms. The van der Waals surface area contributed by atoms with Crippen LogP contribution in [0.4, 0.5) is 10.1 Å². The molecule has 1 atom stereocenters. The first-order valence-electron chi connectivity index (χ1n) is 9.44. The number of hydrogen-bond donors (Lipinski definition) is 1. The van der Waals surface area contributed by atoms with Gasteiger partial charge in [-0.15, -0.1) is 16.4 Å². The number of para-hydroxylation sites is 1. The third kappa shape index (κ3) is 3.29. The number of nitrogens with zero attached hydrogens (tertiary/aromatic N) is 5. The zero-order chi connectivity index (χ0) is 20.0. The fourth-order valence-electron chi connectivity index (χ4n) is 3.88. The Morgan fingerprint density at radius 3 is 2.59 bits per heavy atom. The molecule has 0 spiro atoms. The van der Waals surface area contributed by atoms with E-state index in [1.54, 1.807) is 17.4 Å². The zero-order valence-electron chi connectivity index (χ0n) is 15.8. The fourth-order valence-corrected chi connectivity index (χ4v) is 5.97. The first-order valence-corrected chi connectivity index (χ1v) is 11.1. The smallest absolute Gasteiger partial charge is 0.230 e. The normalized spacial score (nSPS) is 16.6. The Balaban J connectivity index is 1.45. The van der Waals surface area contributed by atoms with E-state index in [0.29, 0.717) is 16.5 Å². The Bertz CT molecular complexity index is 1130.